The summed E-state index contributed by atoms with van der Waals surface area (Å²) >= 11 is 0. The van der Waals surface area contributed by atoms with E-state index in [9.17, 15) is 0 Å². The molecule has 0 radical (unpaired) electrons. The van der Waals surface area contributed by atoms with Gasteiger partial charge in [0.25, 0.3) is 0 Å². The fourth-order valence-electron chi connectivity index (χ4n) is 1.51. The van der Waals surface area contributed by atoms with E-state index in [4.69, 9.17) is 5.26 Å². The molecule has 1 heterocycles. The van der Waals surface area contributed by atoms with Crippen LogP contribution < -0.4 is 5.32 Å². The Morgan fingerprint density at radius 2 is 2.24 bits per heavy atom. The molecule has 0 aliphatic heterocycles. The highest BCUT2D eigenvalue weighted by atomic mass is 15.1. The molecule has 0 aliphatic rings. The van der Waals surface area contributed by atoms with E-state index < -0.39 is 0 Å². The van der Waals surface area contributed by atoms with Crippen molar-refractivity contribution in [2.45, 2.75) is 6.92 Å². The van der Waals surface area contributed by atoms with Gasteiger partial charge in [-0.05, 0) is 25.1 Å². The summed E-state index contributed by atoms with van der Waals surface area (Å²) in [6.07, 6.45) is 1.71. The van der Waals surface area contributed by atoms with Crippen LogP contribution in [-0.4, -0.2) is 16.5 Å². The van der Waals surface area contributed by atoms with Gasteiger partial charge < -0.3 is 5.32 Å². The van der Waals surface area contributed by atoms with Crippen molar-refractivity contribution >= 4 is 5.95 Å². The SMILES string of the molecule is CCNc1nccc(-c2cccc(C#N)c2)n1. The van der Waals surface area contributed by atoms with Crippen molar-refractivity contribution in [2.75, 3.05) is 11.9 Å². The first-order valence-electron chi connectivity index (χ1n) is 5.41. The second-order valence-electron chi connectivity index (χ2n) is 3.49. The topological polar surface area (TPSA) is 61.6 Å². The van der Waals surface area contributed by atoms with Gasteiger partial charge in [0.15, 0.2) is 0 Å². The van der Waals surface area contributed by atoms with E-state index in [1.165, 1.54) is 0 Å². The Bertz CT molecular complexity index is 557. The first-order chi connectivity index (χ1) is 8.33. The van der Waals surface area contributed by atoms with Crippen LogP contribution in [0.4, 0.5) is 5.95 Å². The molecular formula is C13H12N4. The van der Waals surface area contributed by atoms with Crippen molar-refractivity contribution in [3.05, 3.63) is 42.1 Å². The minimum Gasteiger partial charge on any atom is -0.354 e. The van der Waals surface area contributed by atoms with Gasteiger partial charge in [-0.2, -0.15) is 5.26 Å². The van der Waals surface area contributed by atoms with Crippen molar-refractivity contribution in [3.8, 4) is 17.3 Å². The minimum absolute atomic E-state index is 0.604. The van der Waals surface area contributed by atoms with E-state index in [2.05, 4.69) is 21.4 Å². The fourth-order valence-corrected chi connectivity index (χ4v) is 1.51. The van der Waals surface area contributed by atoms with Gasteiger partial charge in [-0.3, -0.25) is 0 Å². The van der Waals surface area contributed by atoms with Gasteiger partial charge in [-0.25, -0.2) is 9.97 Å². The molecule has 1 N–H and O–H groups in total. The lowest BCUT2D eigenvalue weighted by atomic mass is 10.1. The van der Waals surface area contributed by atoms with Crippen LogP contribution in [0.1, 0.15) is 12.5 Å². The molecule has 2 aromatic rings. The summed E-state index contributed by atoms with van der Waals surface area (Å²) in [5.41, 5.74) is 2.37. The molecule has 1 aromatic carbocycles. The zero-order valence-corrected chi connectivity index (χ0v) is 9.51. The Kier molecular flexibility index (Phi) is 3.31. The van der Waals surface area contributed by atoms with Gasteiger partial charge in [-0.1, -0.05) is 12.1 Å². The Balaban J connectivity index is 2.39. The van der Waals surface area contributed by atoms with Crippen LogP contribution in [0.2, 0.25) is 0 Å². The number of rotatable bonds is 3. The molecule has 0 unspecified atom stereocenters. The summed E-state index contributed by atoms with van der Waals surface area (Å²) in [4.78, 5) is 8.49. The maximum absolute atomic E-state index is 8.85. The molecule has 2 rings (SSSR count). The molecule has 0 spiro atoms. The Labute approximate surface area is 100.0 Å². The van der Waals surface area contributed by atoms with Gasteiger partial charge in [0.1, 0.15) is 0 Å². The van der Waals surface area contributed by atoms with E-state index in [1.54, 1.807) is 12.3 Å². The first-order valence-corrected chi connectivity index (χ1v) is 5.41. The predicted octanol–water partition coefficient (Wildman–Crippen LogP) is 2.45. The van der Waals surface area contributed by atoms with Crippen LogP contribution in [0.15, 0.2) is 36.5 Å². The maximum Gasteiger partial charge on any atom is 0.223 e. The van der Waals surface area contributed by atoms with Crippen LogP contribution in [0.3, 0.4) is 0 Å². The summed E-state index contributed by atoms with van der Waals surface area (Å²) in [5, 5.41) is 11.9. The van der Waals surface area contributed by atoms with Crippen molar-refractivity contribution in [1.82, 2.24) is 9.97 Å². The zero-order chi connectivity index (χ0) is 12.1. The van der Waals surface area contributed by atoms with Gasteiger partial charge in [0, 0.05) is 18.3 Å². The molecule has 1 aromatic heterocycles. The number of nitriles is 1. The van der Waals surface area contributed by atoms with Gasteiger partial charge in [-0.15, -0.1) is 0 Å². The van der Waals surface area contributed by atoms with Crippen molar-refractivity contribution in [3.63, 3.8) is 0 Å². The van der Waals surface area contributed by atoms with Crippen molar-refractivity contribution in [2.24, 2.45) is 0 Å². The third kappa shape index (κ3) is 2.58. The number of nitrogens with one attached hydrogen (secondary N) is 1. The molecule has 0 bridgehead atoms. The summed E-state index contributed by atoms with van der Waals surface area (Å²) in [7, 11) is 0. The molecule has 0 saturated carbocycles. The molecule has 4 heteroatoms. The van der Waals surface area contributed by atoms with E-state index in [0.29, 0.717) is 11.5 Å². The minimum atomic E-state index is 0.604. The lowest BCUT2D eigenvalue weighted by Crippen LogP contribution is -2.02. The van der Waals surface area contributed by atoms with Gasteiger partial charge in [0.05, 0.1) is 17.3 Å². The highest BCUT2D eigenvalue weighted by Gasteiger charge is 2.02. The summed E-state index contributed by atoms with van der Waals surface area (Å²) in [6, 6.07) is 11.3. The number of nitrogens with zero attached hydrogens (tertiary/aromatic N) is 3. The number of benzene rings is 1. The van der Waals surface area contributed by atoms with Crippen LogP contribution in [-0.2, 0) is 0 Å². The predicted molar refractivity (Wildman–Crippen MR) is 66.3 cm³/mol. The lowest BCUT2D eigenvalue weighted by Gasteiger charge is -2.04. The largest absolute Gasteiger partial charge is 0.354 e. The summed E-state index contributed by atoms with van der Waals surface area (Å²) in [6.45, 7) is 2.77. The van der Waals surface area contributed by atoms with Crippen LogP contribution in [0.5, 0.6) is 0 Å². The van der Waals surface area contributed by atoms with E-state index in [-0.39, 0.29) is 0 Å². The van der Waals surface area contributed by atoms with E-state index in [0.717, 1.165) is 17.8 Å². The van der Waals surface area contributed by atoms with Crippen LogP contribution >= 0.6 is 0 Å². The standard InChI is InChI=1S/C13H12N4/c1-2-15-13-16-7-6-12(17-13)11-5-3-4-10(8-11)9-14/h3-8H,2H2,1H3,(H,15,16,17). The molecule has 4 nitrogen and oxygen atoms in total. The highest BCUT2D eigenvalue weighted by Crippen LogP contribution is 2.18. The number of hydrogen-bond acceptors (Lipinski definition) is 4. The van der Waals surface area contributed by atoms with E-state index in [1.807, 2.05) is 31.2 Å². The van der Waals surface area contributed by atoms with E-state index >= 15 is 0 Å². The van der Waals surface area contributed by atoms with Crippen LogP contribution in [0, 0.1) is 11.3 Å². The molecular weight excluding hydrogens is 212 g/mol. The Hall–Kier alpha value is -2.41. The molecule has 0 aliphatic carbocycles. The number of anilines is 1. The molecule has 0 amide bonds. The molecule has 0 atom stereocenters. The fraction of sp³-hybridized carbons (Fsp3) is 0.154. The van der Waals surface area contributed by atoms with Crippen molar-refractivity contribution in [1.29, 1.82) is 5.26 Å². The first kappa shape index (κ1) is 11.1. The zero-order valence-electron chi connectivity index (χ0n) is 9.51. The Morgan fingerprint density at radius 1 is 1.35 bits per heavy atom. The molecule has 17 heavy (non-hydrogen) atoms. The normalized spacial score (nSPS) is 9.65. The quantitative estimate of drug-likeness (QED) is 0.869. The van der Waals surface area contributed by atoms with Crippen LogP contribution in [0.25, 0.3) is 11.3 Å². The van der Waals surface area contributed by atoms with Gasteiger partial charge in [0.2, 0.25) is 5.95 Å². The number of aromatic nitrogens is 2. The maximum atomic E-state index is 8.85. The Morgan fingerprint density at radius 3 is 3.00 bits per heavy atom. The summed E-state index contributed by atoms with van der Waals surface area (Å²) < 4.78 is 0. The average molecular weight is 224 g/mol. The third-order valence-electron chi connectivity index (χ3n) is 2.28. The molecule has 84 valence electrons. The second-order valence-corrected chi connectivity index (χ2v) is 3.49. The van der Waals surface area contributed by atoms with Gasteiger partial charge >= 0.3 is 0 Å². The number of hydrogen-bond donors (Lipinski definition) is 1. The molecule has 0 fully saturated rings. The highest BCUT2D eigenvalue weighted by molar-refractivity contribution is 5.62. The summed E-state index contributed by atoms with van der Waals surface area (Å²) in [5.74, 6) is 0.604. The van der Waals surface area contributed by atoms with Crippen molar-refractivity contribution < 1.29 is 0 Å². The average Bonchev–Trinajstić information content (AvgIpc) is 2.40. The third-order valence-corrected chi connectivity index (χ3v) is 2.28. The smallest absolute Gasteiger partial charge is 0.223 e. The second kappa shape index (κ2) is 5.08. The monoisotopic (exact) mass is 224 g/mol. The molecule has 0 saturated heterocycles. The lowest BCUT2D eigenvalue weighted by molar-refractivity contribution is 1.09.